The smallest absolute Gasteiger partial charge is 0.349 e. The number of amides is 1. The Bertz CT molecular complexity index is 708. The molecule has 0 aromatic heterocycles. The second-order valence-corrected chi connectivity index (χ2v) is 6.76. The van der Waals surface area contributed by atoms with E-state index in [0.29, 0.717) is 36.2 Å². The maximum absolute atomic E-state index is 12.3. The third-order valence-electron chi connectivity index (χ3n) is 4.32. The Balaban J connectivity index is 1.95. The SMILES string of the molecule is COc1ccc(/C=C(\C#N)C(=O)OCC(=O)N2C[C@H](C)C[C@@H](C)C2)cc1. The molecule has 1 aliphatic rings. The van der Waals surface area contributed by atoms with Crippen molar-refractivity contribution in [2.75, 3.05) is 26.8 Å². The number of esters is 1. The van der Waals surface area contributed by atoms with E-state index in [2.05, 4.69) is 13.8 Å². The first-order chi connectivity index (χ1) is 12.4. The number of ether oxygens (including phenoxy) is 2. The minimum Gasteiger partial charge on any atom is -0.497 e. The molecule has 0 unspecified atom stereocenters. The fourth-order valence-electron chi connectivity index (χ4n) is 3.17. The van der Waals surface area contributed by atoms with Crippen molar-refractivity contribution in [3.05, 3.63) is 35.4 Å². The number of nitrogens with zero attached hydrogens (tertiary/aromatic N) is 2. The van der Waals surface area contributed by atoms with Crippen LogP contribution < -0.4 is 4.74 Å². The summed E-state index contributed by atoms with van der Waals surface area (Å²) in [7, 11) is 1.56. The van der Waals surface area contributed by atoms with Crippen molar-refractivity contribution in [2.24, 2.45) is 11.8 Å². The molecule has 0 N–H and O–H groups in total. The van der Waals surface area contributed by atoms with E-state index in [4.69, 9.17) is 9.47 Å². The quantitative estimate of drug-likeness (QED) is 0.460. The minimum absolute atomic E-state index is 0.150. The number of hydrogen-bond acceptors (Lipinski definition) is 5. The molecule has 6 heteroatoms. The van der Waals surface area contributed by atoms with E-state index in [0.717, 1.165) is 6.42 Å². The van der Waals surface area contributed by atoms with Gasteiger partial charge in [0.1, 0.15) is 17.4 Å². The molecule has 1 fully saturated rings. The first-order valence-corrected chi connectivity index (χ1v) is 8.63. The lowest BCUT2D eigenvalue weighted by molar-refractivity contribution is -0.149. The van der Waals surface area contributed by atoms with E-state index in [1.54, 1.807) is 36.3 Å². The van der Waals surface area contributed by atoms with Gasteiger partial charge in [0.15, 0.2) is 6.61 Å². The Hall–Kier alpha value is -2.81. The van der Waals surface area contributed by atoms with Gasteiger partial charge in [-0.3, -0.25) is 4.79 Å². The van der Waals surface area contributed by atoms with Gasteiger partial charge in [-0.1, -0.05) is 26.0 Å². The molecule has 26 heavy (non-hydrogen) atoms. The molecule has 1 heterocycles. The highest BCUT2D eigenvalue weighted by Crippen LogP contribution is 2.21. The van der Waals surface area contributed by atoms with E-state index in [-0.39, 0.29) is 18.1 Å². The van der Waals surface area contributed by atoms with Crippen molar-refractivity contribution in [3.8, 4) is 11.8 Å². The summed E-state index contributed by atoms with van der Waals surface area (Å²) in [5.74, 6) is 0.526. The summed E-state index contributed by atoms with van der Waals surface area (Å²) in [5.41, 5.74) is 0.521. The average molecular weight is 356 g/mol. The van der Waals surface area contributed by atoms with E-state index in [1.165, 1.54) is 6.08 Å². The van der Waals surface area contributed by atoms with Crippen LogP contribution in [0.2, 0.25) is 0 Å². The van der Waals surface area contributed by atoms with Crippen molar-refractivity contribution in [2.45, 2.75) is 20.3 Å². The van der Waals surface area contributed by atoms with Crippen LogP contribution in [0, 0.1) is 23.2 Å². The molecule has 1 aromatic carbocycles. The monoisotopic (exact) mass is 356 g/mol. The van der Waals surface area contributed by atoms with Crippen LogP contribution in [-0.2, 0) is 14.3 Å². The van der Waals surface area contributed by atoms with Gasteiger partial charge in [0.05, 0.1) is 7.11 Å². The lowest BCUT2D eigenvalue weighted by Crippen LogP contribution is -2.44. The van der Waals surface area contributed by atoms with E-state index < -0.39 is 5.97 Å². The highest BCUT2D eigenvalue weighted by Gasteiger charge is 2.26. The Morgan fingerprint density at radius 2 is 1.85 bits per heavy atom. The van der Waals surface area contributed by atoms with Crippen molar-refractivity contribution >= 4 is 18.0 Å². The summed E-state index contributed by atoms with van der Waals surface area (Å²) in [4.78, 5) is 26.1. The van der Waals surface area contributed by atoms with Crippen LogP contribution in [0.15, 0.2) is 29.8 Å². The molecule has 1 saturated heterocycles. The number of benzene rings is 1. The Labute approximate surface area is 154 Å². The molecular formula is C20H24N2O4. The largest absolute Gasteiger partial charge is 0.497 e. The predicted molar refractivity (Wildman–Crippen MR) is 97.1 cm³/mol. The highest BCUT2D eigenvalue weighted by atomic mass is 16.5. The van der Waals surface area contributed by atoms with Crippen molar-refractivity contribution in [3.63, 3.8) is 0 Å². The van der Waals surface area contributed by atoms with Crippen LogP contribution in [0.4, 0.5) is 0 Å². The van der Waals surface area contributed by atoms with Crippen molar-refractivity contribution in [1.82, 2.24) is 4.90 Å². The maximum Gasteiger partial charge on any atom is 0.349 e. The van der Waals surface area contributed by atoms with Gasteiger partial charge < -0.3 is 14.4 Å². The summed E-state index contributed by atoms with van der Waals surface area (Å²) < 4.78 is 10.1. The van der Waals surface area contributed by atoms with Crippen LogP contribution in [0.1, 0.15) is 25.8 Å². The zero-order valence-corrected chi connectivity index (χ0v) is 15.4. The number of rotatable bonds is 5. The number of methoxy groups -OCH3 is 1. The number of piperidine rings is 1. The standard InChI is InChI=1S/C20H24N2O4/c1-14-8-15(2)12-22(11-14)19(23)13-26-20(24)17(10-21)9-16-4-6-18(25-3)7-5-16/h4-7,9,14-15H,8,11-13H2,1-3H3/b17-9+/t14-,15-/m1/s1. The van der Waals surface area contributed by atoms with Crippen LogP contribution in [0.25, 0.3) is 6.08 Å². The summed E-state index contributed by atoms with van der Waals surface area (Å²) in [6.45, 7) is 5.21. The number of hydrogen-bond donors (Lipinski definition) is 0. The predicted octanol–water partition coefficient (Wildman–Crippen LogP) is 2.65. The van der Waals surface area contributed by atoms with Gasteiger partial charge in [0, 0.05) is 13.1 Å². The molecule has 0 saturated carbocycles. The van der Waals surface area contributed by atoms with E-state index in [1.807, 2.05) is 6.07 Å². The first kappa shape index (κ1) is 19.5. The van der Waals surface area contributed by atoms with Crippen molar-refractivity contribution < 1.29 is 19.1 Å². The molecule has 2 atom stereocenters. The molecule has 1 amide bonds. The minimum atomic E-state index is -0.797. The zero-order chi connectivity index (χ0) is 19.1. The third kappa shape index (κ3) is 5.35. The van der Waals surface area contributed by atoms with E-state index in [9.17, 15) is 14.9 Å². The molecule has 0 aliphatic carbocycles. The normalized spacial score (nSPS) is 20.2. The molecule has 2 rings (SSSR count). The highest BCUT2D eigenvalue weighted by molar-refractivity contribution is 5.98. The van der Waals surface area contributed by atoms with Gasteiger partial charge in [-0.25, -0.2) is 4.79 Å². The summed E-state index contributed by atoms with van der Waals surface area (Å²) >= 11 is 0. The summed E-state index contributed by atoms with van der Waals surface area (Å²) in [6, 6.07) is 8.74. The third-order valence-corrected chi connectivity index (χ3v) is 4.32. The van der Waals surface area contributed by atoms with Crippen LogP contribution in [-0.4, -0.2) is 43.6 Å². The van der Waals surface area contributed by atoms with Gasteiger partial charge in [-0.15, -0.1) is 0 Å². The zero-order valence-electron chi connectivity index (χ0n) is 15.4. The molecule has 0 bridgehead atoms. The average Bonchev–Trinajstić information content (AvgIpc) is 2.63. The van der Waals surface area contributed by atoms with Gasteiger partial charge in [-0.2, -0.15) is 5.26 Å². The number of likely N-dealkylation sites (tertiary alicyclic amines) is 1. The Morgan fingerprint density at radius 3 is 2.38 bits per heavy atom. The fourth-order valence-corrected chi connectivity index (χ4v) is 3.17. The summed E-state index contributed by atoms with van der Waals surface area (Å²) in [5, 5.41) is 9.20. The second-order valence-electron chi connectivity index (χ2n) is 6.76. The molecular weight excluding hydrogens is 332 g/mol. The first-order valence-electron chi connectivity index (χ1n) is 8.63. The Kier molecular flexibility index (Phi) is 6.79. The number of carbonyl (C=O) groups is 2. The lowest BCUT2D eigenvalue weighted by Gasteiger charge is -2.34. The fraction of sp³-hybridized carbons (Fsp3) is 0.450. The van der Waals surface area contributed by atoms with Crippen LogP contribution in [0.5, 0.6) is 5.75 Å². The molecule has 0 spiro atoms. The maximum atomic E-state index is 12.3. The number of carbonyl (C=O) groups excluding carboxylic acids is 2. The molecule has 6 nitrogen and oxygen atoms in total. The van der Waals surface area contributed by atoms with Gasteiger partial charge in [0.25, 0.3) is 5.91 Å². The molecule has 138 valence electrons. The second kappa shape index (κ2) is 9.04. The summed E-state index contributed by atoms with van der Waals surface area (Å²) in [6.07, 6.45) is 2.52. The molecule has 0 radical (unpaired) electrons. The van der Waals surface area contributed by atoms with Crippen LogP contribution in [0.3, 0.4) is 0 Å². The Morgan fingerprint density at radius 1 is 1.23 bits per heavy atom. The molecule has 1 aromatic rings. The number of nitriles is 1. The van der Waals surface area contributed by atoms with Gasteiger partial charge in [0.2, 0.25) is 0 Å². The topological polar surface area (TPSA) is 79.6 Å². The van der Waals surface area contributed by atoms with E-state index >= 15 is 0 Å². The van der Waals surface area contributed by atoms with Gasteiger partial charge >= 0.3 is 5.97 Å². The lowest BCUT2D eigenvalue weighted by atomic mass is 9.92. The molecule has 1 aliphatic heterocycles. The van der Waals surface area contributed by atoms with Crippen molar-refractivity contribution in [1.29, 1.82) is 5.26 Å². The van der Waals surface area contributed by atoms with Crippen LogP contribution >= 0.6 is 0 Å². The van der Waals surface area contributed by atoms with Gasteiger partial charge in [-0.05, 0) is 42.0 Å².